The minimum atomic E-state index is -0.424. The summed E-state index contributed by atoms with van der Waals surface area (Å²) in [6, 6.07) is 5.11. The maximum atomic E-state index is 11.5. The average molecular weight is 302 g/mol. The van der Waals surface area contributed by atoms with Crippen molar-refractivity contribution in [1.29, 1.82) is 0 Å². The molecule has 2 aromatic rings. The monoisotopic (exact) mass is 301 g/mol. The van der Waals surface area contributed by atoms with Gasteiger partial charge in [0, 0.05) is 16.0 Å². The van der Waals surface area contributed by atoms with Gasteiger partial charge < -0.3 is 4.74 Å². The maximum Gasteiger partial charge on any atom is 0.367 e. The second-order valence-corrected chi connectivity index (χ2v) is 5.08. The lowest BCUT2D eigenvalue weighted by Crippen LogP contribution is -2.03. The molecule has 0 aliphatic heterocycles. The molecule has 0 atom stereocenters. The van der Waals surface area contributed by atoms with E-state index in [0.29, 0.717) is 32.9 Å². The minimum absolute atomic E-state index is 0.308. The molecule has 0 saturated heterocycles. The highest BCUT2D eigenvalue weighted by Gasteiger charge is 2.14. The number of hydrogen-bond donors (Lipinski definition) is 0. The van der Waals surface area contributed by atoms with Gasteiger partial charge in [0.15, 0.2) is 0 Å². The summed E-state index contributed by atoms with van der Waals surface area (Å²) in [5, 5.41) is 3.17. The maximum absolute atomic E-state index is 11.5. The van der Waals surface area contributed by atoms with Crippen molar-refractivity contribution in [2.24, 2.45) is 0 Å². The highest BCUT2D eigenvalue weighted by molar-refractivity contribution is 7.11. The molecule has 0 N–H and O–H groups in total. The number of rotatable bonds is 3. The van der Waals surface area contributed by atoms with E-state index < -0.39 is 5.97 Å². The summed E-state index contributed by atoms with van der Waals surface area (Å²) >= 11 is 13.2. The lowest BCUT2D eigenvalue weighted by Gasteiger charge is -2.01. The van der Waals surface area contributed by atoms with E-state index in [4.69, 9.17) is 27.9 Å². The van der Waals surface area contributed by atoms with E-state index in [9.17, 15) is 4.79 Å². The average Bonchev–Trinajstić information content (AvgIpc) is 2.82. The Morgan fingerprint density at radius 1 is 1.44 bits per heavy atom. The van der Waals surface area contributed by atoms with E-state index in [1.54, 1.807) is 30.5 Å². The summed E-state index contributed by atoms with van der Waals surface area (Å²) in [4.78, 5) is 15.7. The molecule has 3 nitrogen and oxygen atoms in total. The molecule has 0 aliphatic carbocycles. The quantitative estimate of drug-likeness (QED) is 0.794. The highest BCUT2D eigenvalue weighted by atomic mass is 35.5. The SMILES string of the molecule is CCOC(=O)c1nc(-c2cc(Cl)ccc2Cl)cs1. The van der Waals surface area contributed by atoms with Crippen LogP contribution in [0.15, 0.2) is 23.6 Å². The van der Waals surface area contributed by atoms with Gasteiger partial charge in [0.1, 0.15) is 0 Å². The van der Waals surface area contributed by atoms with Crippen LogP contribution in [0, 0.1) is 0 Å². The standard InChI is InChI=1S/C12H9Cl2NO2S/c1-2-17-12(16)11-15-10(6-18-11)8-5-7(13)3-4-9(8)14/h3-6H,2H2,1H3. The third-order valence-corrected chi connectivity index (χ3v) is 3.55. The van der Waals surface area contributed by atoms with Gasteiger partial charge in [-0.3, -0.25) is 0 Å². The predicted octanol–water partition coefficient (Wildman–Crippen LogP) is 4.29. The molecule has 0 radical (unpaired) electrons. The number of carbonyl (C=O) groups is 1. The Morgan fingerprint density at radius 2 is 2.22 bits per heavy atom. The van der Waals surface area contributed by atoms with E-state index in [1.165, 1.54) is 11.3 Å². The fourth-order valence-corrected chi connectivity index (χ4v) is 2.47. The molecule has 0 fully saturated rings. The molecule has 2 rings (SSSR count). The molecule has 1 aromatic carbocycles. The Morgan fingerprint density at radius 3 is 2.94 bits per heavy atom. The number of esters is 1. The van der Waals surface area contributed by atoms with Gasteiger partial charge in [-0.1, -0.05) is 23.2 Å². The first-order valence-electron chi connectivity index (χ1n) is 5.20. The Balaban J connectivity index is 2.35. The van der Waals surface area contributed by atoms with Gasteiger partial charge in [0.2, 0.25) is 5.01 Å². The Bertz CT molecular complexity index is 583. The number of carbonyl (C=O) groups excluding carboxylic acids is 1. The second-order valence-electron chi connectivity index (χ2n) is 3.38. The van der Waals surface area contributed by atoms with Crippen LogP contribution in [-0.2, 0) is 4.74 Å². The largest absolute Gasteiger partial charge is 0.461 e. The Kier molecular flexibility index (Phi) is 4.22. The molecule has 6 heteroatoms. The van der Waals surface area contributed by atoms with Crippen molar-refractivity contribution < 1.29 is 9.53 Å². The predicted molar refractivity (Wildman–Crippen MR) is 73.5 cm³/mol. The number of benzene rings is 1. The smallest absolute Gasteiger partial charge is 0.367 e. The number of aromatic nitrogens is 1. The molecule has 94 valence electrons. The van der Waals surface area contributed by atoms with Crippen molar-refractivity contribution in [2.45, 2.75) is 6.92 Å². The fourth-order valence-electron chi connectivity index (χ4n) is 1.38. The van der Waals surface area contributed by atoms with Crippen LogP contribution in [0.5, 0.6) is 0 Å². The Hall–Kier alpha value is -1.10. The summed E-state index contributed by atoms with van der Waals surface area (Å²) in [5.74, 6) is -0.424. The zero-order valence-corrected chi connectivity index (χ0v) is 11.8. The van der Waals surface area contributed by atoms with Gasteiger partial charge in [0.05, 0.1) is 17.3 Å². The van der Waals surface area contributed by atoms with Gasteiger partial charge in [-0.05, 0) is 25.1 Å². The molecule has 0 unspecified atom stereocenters. The zero-order chi connectivity index (χ0) is 13.1. The van der Waals surface area contributed by atoms with Gasteiger partial charge in [-0.25, -0.2) is 9.78 Å². The molecule has 1 aromatic heterocycles. The summed E-state index contributed by atoms with van der Waals surface area (Å²) in [5.41, 5.74) is 1.33. The van der Waals surface area contributed by atoms with Gasteiger partial charge in [0.25, 0.3) is 0 Å². The lowest BCUT2D eigenvalue weighted by molar-refractivity contribution is 0.0526. The zero-order valence-electron chi connectivity index (χ0n) is 9.44. The number of nitrogens with zero attached hydrogens (tertiary/aromatic N) is 1. The van der Waals surface area contributed by atoms with Gasteiger partial charge >= 0.3 is 5.97 Å². The molecule has 0 amide bonds. The second kappa shape index (κ2) is 5.69. The van der Waals surface area contributed by atoms with Crippen LogP contribution in [0.3, 0.4) is 0 Å². The van der Waals surface area contributed by atoms with E-state index in [1.807, 2.05) is 0 Å². The first-order valence-corrected chi connectivity index (χ1v) is 6.83. The number of ether oxygens (including phenoxy) is 1. The number of halogens is 2. The van der Waals surface area contributed by atoms with Crippen molar-refractivity contribution in [1.82, 2.24) is 4.98 Å². The number of hydrogen-bond acceptors (Lipinski definition) is 4. The molecule has 18 heavy (non-hydrogen) atoms. The van der Waals surface area contributed by atoms with Crippen LogP contribution in [0.25, 0.3) is 11.3 Å². The molecule has 0 spiro atoms. The first-order chi connectivity index (χ1) is 8.61. The van der Waals surface area contributed by atoms with E-state index in [2.05, 4.69) is 4.98 Å². The van der Waals surface area contributed by atoms with Crippen LogP contribution in [-0.4, -0.2) is 17.6 Å². The molecular formula is C12H9Cl2NO2S. The summed E-state index contributed by atoms with van der Waals surface area (Å²) < 4.78 is 4.88. The molecule has 0 bridgehead atoms. The van der Waals surface area contributed by atoms with Gasteiger partial charge in [-0.15, -0.1) is 11.3 Å². The summed E-state index contributed by atoms with van der Waals surface area (Å²) in [6.07, 6.45) is 0. The topological polar surface area (TPSA) is 39.2 Å². The van der Waals surface area contributed by atoms with Crippen LogP contribution < -0.4 is 0 Å². The van der Waals surface area contributed by atoms with E-state index in [0.717, 1.165) is 0 Å². The minimum Gasteiger partial charge on any atom is -0.461 e. The van der Waals surface area contributed by atoms with Crippen LogP contribution in [0.4, 0.5) is 0 Å². The van der Waals surface area contributed by atoms with Crippen molar-refractivity contribution in [3.05, 3.63) is 38.6 Å². The van der Waals surface area contributed by atoms with Gasteiger partial charge in [-0.2, -0.15) is 0 Å². The van der Waals surface area contributed by atoms with Crippen molar-refractivity contribution in [3.8, 4) is 11.3 Å². The number of thiazole rings is 1. The summed E-state index contributed by atoms with van der Waals surface area (Å²) in [6.45, 7) is 2.08. The van der Waals surface area contributed by atoms with Crippen molar-refractivity contribution >= 4 is 40.5 Å². The molecule has 0 saturated carbocycles. The van der Waals surface area contributed by atoms with Crippen molar-refractivity contribution in [2.75, 3.05) is 6.61 Å². The molecule has 1 heterocycles. The van der Waals surface area contributed by atoms with Crippen LogP contribution in [0.1, 0.15) is 16.7 Å². The highest BCUT2D eigenvalue weighted by Crippen LogP contribution is 2.31. The normalized spacial score (nSPS) is 10.4. The summed E-state index contributed by atoms with van der Waals surface area (Å²) in [7, 11) is 0. The van der Waals surface area contributed by atoms with Crippen LogP contribution >= 0.6 is 34.5 Å². The molecule has 0 aliphatic rings. The Labute approximate surface area is 118 Å². The third kappa shape index (κ3) is 2.83. The third-order valence-electron chi connectivity index (χ3n) is 2.16. The van der Waals surface area contributed by atoms with E-state index in [-0.39, 0.29) is 0 Å². The molecular weight excluding hydrogens is 293 g/mol. The fraction of sp³-hybridized carbons (Fsp3) is 0.167. The lowest BCUT2D eigenvalue weighted by atomic mass is 10.2. The first kappa shape index (κ1) is 13.3. The van der Waals surface area contributed by atoms with Crippen LogP contribution in [0.2, 0.25) is 10.0 Å². The van der Waals surface area contributed by atoms with Crippen molar-refractivity contribution in [3.63, 3.8) is 0 Å². The van der Waals surface area contributed by atoms with E-state index >= 15 is 0 Å².